The Morgan fingerprint density at radius 3 is 2.52 bits per heavy atom. The first kappa shape index (κ1) is 15.6. The van der Waals surface area contributed by atoms with Crippen molar-refractivity contribution in [2.45, 2.75) is 55.9 Å². The average Bonchev–Trinajstić information content (AvgIpc) is 3.28. The molecule has 1 saturated carbocycles. The summed E-state index contributed by atoms with van der Waals surface area (Å²) in [5.74, 6) is 0.878. The third-order valence-electron chi connectivity index (χ3n) is 5.55. The van der Waals surface area contributed by atoms with Gasteiger partial charge in [0.15, 0.2) is 0 Å². The fourth-order valence-corrected chi connectivity index (χ4v) is 5.33. The zero-order chi connectivity index (χ0) is 15.9. The van der Waals surface area contributed by atoms with E-state index in [2.05, 4.69) is 5.32 Å². The number of sulfonamides is 1. The first-order valence-corrected chi connectivity index (χ1v) is 10.4. The van der Waals surface area contributed by atoms with E-state index in [1.165, 1.54) is 24.0 Å². The molecule has 1 saturated heterocycles. The molecule has 1 N–H and O–H groups in total. The lowest BCUT2D eigenvalue weighted by atomic mass is 10.1. The van der Waals surface area contributed by atoms with E-state index in [-0.39, 0.29) is 0 Å². The Balaban J connectivity index is 1.40. The molecule has 0 amide bonds. The van der Waals surface area contributed by atoms with Gasteiger partial charge in [0.2, 0.25) is 10.0 Å². The molecule has 1 heterocycles. The minimum atomic E-state index is -3.32. The lowest BCUT2D eigenvalue weighted by molar-refractivity contribution is 0.288. The summed E-state index contributed by atoms with van der Waals surface area (Å²) < 4.78 is 27.4. The summed E-state index contributed by atoms with van der Waals surface area (Å²) in [4.78, 5) is 0.488. The molecule has 0 bridgehead atoms. The lowest BCUT2D eigenvalue weighted by Crippen LogP contribution is -2.45. The van der Waals surface area contributed by atoms with Crippen molar-refractivity contribution in [3.05, 3.63) is 29.3 Å². The monoisotopic (exact) mass is 334 g/mol. The maximum Gasteiger partial charge on any atom is 0.243 e. The summed E-state index contributed by atoms with van der Waals surface area (Å²) in [7, 11) is -3.32. The molecular formula is C18H26N2O2S. The highest BCUT2D eigenvalue weighted by Crippen LogP contribution is 2.29. The Morgan fingerprint density at radius 1 is 1.04 bits per heavy atom. The van der Waals surface area contributed by atoms with Crippen LogP contribution in [0.2, 0.25) is 0 Å². The second kappa shape index (κ2) is 6.19. The van der Waals surface area contributed by atoms with Gasteiger partial charge in [0.05, 0.1) is 4.90 Å². The van der Waals surface area contributed by atoms with Crippen LogP contribution in [0.1, 0.15) is 43.2 Å². The predicted octanol–water partition coefficient (Wildman–Crippen LogP) is 2.33. The van der Waals surface area contributed by atoms with Crippen molar-refractivity contribution in [3.8, 4) is 0 Å². The quantitative estimate of drug-likeness (QED) is 0.899. The molecule has 1 aromatic rings. The summed E-state index contributed by atoms with van der Waals surface area (Å²) in [6.07, 6.45) is 7.83. The number of rotatable bonds is 5. The SMILES string of the molecule is O=S(=O)(c1ccc2c(c1)CCC2)N1CCC(NCC2CC2)CC1. The van der Waals surface area contributed by atoms with Crippen molar-refractivity contribution >= 4 is 10.0 Å². The molecule has 23 heavy (non-hydrogen) atoms. The van der Waals surface area contributed by atoms with Gasteiger partial charge >= 0.3 is 0 Å². The summed E-state index contributed by atoms with van der Waals surface area (Å²) >= 11 is 0. The van der Waals surface area contributed by atoms with Gasteiger partial charge in [-0.05, 0) is 80.7 Å². The van der Waals surface area contributed by atoms with E-state index >= 15 is 0 Å². The van der Waals surface area contributed by atoms with Gasteiger partial charge in [0.1, 0.15) is 0 Å². The van der Waals surface area contributed by atoms with Crippen LogP contribution >= 0.6 is 0 Å². The summed E-state index contributed by atoms with van der Waals surface area (Å²) in [5, 5.41) is 3.61. The number of nitrogens with one attached hydrogen (secondary N) is 1. The normalized spacial score (nSPS) is 23.1. The Labute approximate surface area is 139 Å². The average molecular weight is 334 g/mol. The number of hydrogen-bond donors (Lipinski definition) is 1. The lowest BCUT2D eigenvalue weighted by Gasteiger charge is -2.32. The standard InChI is InChI=1S/C18H26N2O2S/c21-23(22,18-7-6-15-2-1-3-16(15)12-18)20-10-8-17(9-11-20)19-13-14-4-5-14/h6-7,12,14,17,19H,1-5,8-11,13H2. The molecule has 0 atom stereocenters. The molecule has 1 aromatic carbocycles. The second-order valence-corrected chi connectivity index (χ2v) is 9.25. The molecule has 0 radical (unpaired) electrons. The molecule has 0 unspecified atom stereocenters. The highest BCUT2D eigenvalue weighted by molar-refractivity contribution is 7.89. The van der Waals surface area contributed by atoms with Gasteiger partial charge in [0.25, 0.3) is 0 Å². The van der Waals surface area contributed by atoms with Crippen molar-refractivity contribution in [2.24, 2.45) is 5.92 Å². The van der Waals surface area contributed by atoms with Crippen molar-refractivity contribution in [1.82, 2.24) is 9.62 Å². The van der Waals surface area contributed by atoms with E-state index in [0.717, 1.165) is 44.6 Å². The fourth-order valence-electron chi connectivity index (χ4n) is 3.81. The Kier molecular flexibility index (Phi) is 4.20. The summed E-state index contributed by atoms with van der Waals surface area (Å²) in [6, 6.07) is 6.22. The van der Waals surface area contributed by atoms with Crippen molar-refractivity contribution in [1.29, 1.82) is 0 Å². The number of piperidine rings is 1. The smallest absolute Gasteiger partial charge is 0.243 e. The first-order valence-electron chi connectivity index (χ1n) is 8.98. The fraction of sp³-hybridized carbons (Fsp3) is 0.667. The molecule has 2 aliphatic carbocycles. The molecule has 5 heteroatoms. The van der Waals surface area contributed by atoms with E-state index < -0.39 is 10.0 Å². The summed E-state index contributed by atoms with van der Waals surface area (Å²) in [6.45, 7) is 2.39. The van der Waals surface area contributed by atoms with Crippen LogP contribution in [0.3, 0.4) is 0 Å². The van der Waals surface area contributed by atoms with Crippen LogP contribution in [-0.4, -0.2) is 38.4 Å². The van der Waals surface area contributed by atoms with Gasteiger partial charge < -0.3 is 5.32 Å². The largest absolute Gasteiger partial charge is 0.314 e. The molecular weight excluding hydrogens is 308 g/mol. The van der Waals surface area contributed by atoms with Crippen LogP contribution in [0, 0.1) is 5.92 Å². The van der Waals surface area contributed by atoms with Crippen LogP contribution in [0.4, 0.5) is 0 Å². The molecule has 3 aliphatic rings. The van der Waals surface area contributed by atoms with E-state index in [4.69, 9.17) is 0 Å². The topological polar surface area (TPSA) is 49.4 Å². The molecule has 0 aromatic heterocycles. The highest BCUT2D eigenvalue weighted by Gasteiger charge is 2.31. The van der Waals surface area contributed by atoms with Crippen LogP contribution in [0.5, 0.6) is 0 Å². The number of fused-ring (bicyclic) bond motifs is 1. The Bertz CT molecular complexity index is 674. The van der Waals surface area contributed by atoms with Crippen LogP contribution in [0.15, 0.2) is 23.1 Å². The number of hydrogen-bond acceptors (Lipinski definition) is 3. The molecule has 0 spiro atoms. The van der Waals surface area contributed by atoms with Crippen molar-refractivity contribution in [2.75, 3.05) is 19.6 Å². The van der Waals surface area contributed by atoms with Crippen molar-refractivity contribution in [3.63, 3.8) is 0 Å². The molecule has 2 fully saturated rings. The highest BCUT2D eigenvalue weighted by atomic mass is 32.2. The molecule has 4 nitrogen and oxygen atoms in total. The number of benzene rings is 1. The van der Waals surface area contributed by atoms with Crippen molar-refractivity contribution < 1.29 is 8.42 Å². The van der Waals surface area contributed by atoms with Crippen LogP contribution < -0.4 is 5.32 Å². The maximum absolute atomic E-state index is 12.9. The third-order valence-corrected chi connectivity index (χ3v) is 7.45. The zero-order valence-corrected chi connectivity index (χ0v) is 14.4. The molecule has 126 valence electrons. The van der Waals surface area contributed by atoms with E-state index in [1.807, 2.05) is 12.1 Å². The van der Waals surface area contributed by atoms with Crippen LogP contribution in [0.25, 0.3) is 0 Å². The Hall–Kier alpha value is -0.910. The van der Waals surface area contributed by atoms with Gasteiger partial charge in [-0.2, -0.15) is 4.31 Å². The van der Waals surface area contributed by atoms with E-state index in [1.54, 1.807) is 10.4 Å². The zero-order valence-electron chi connectivity index (χ0n) is 13.6. The van der Waals surface area contributed by atoms with Gasteiger partial charge in [0, 0.05) is 19.1 Å². The van der Waals surface area contributed by atoms with Gasteiger partial charge in [-0.15, -0.1) is 0 Å². The number of aryl methyl sites for hydroxylation is 2. The van der Waals surface area contributed by atoms with Gasteiger partial charge in [-0.3, -0.25) is 0 Å². The van der Waals surface area contributed by atoms with E-state index in [9.17, 15) is 8.42 Å². The molecule has 1 aliphatic heterocycles. The number of nitrogens with zero attached hydrogens (tertiary/aromatic N) is 1. The van der Waals surface area contributed by atoms with E-state index in [0.29, 0.717) is 24.0 Å². The maximum atomic E-state index is 12.9. The minimum Gasteiger partial charge on any atom is -0.314 e. The first-order chi connectivity index (χ1) is 11.1. The second-order valence-electron chi connectivity index (χ2n) is 7.31. The third kappa shape index (κ3) is 3.32. The van der Waals surface area contributed by atoms with Crippen LogP contribution in [-0.2, 0) is 22.9 Å². The van der Waals surface area contributed by atoms with Gasteiger partial charge in [-0.25, -0.2) is 8.42 Å². The van der Waals surface area contributed by atoms with Gasteiger partial charge in [-0.1, -0.05) is 6.07 Å². The Morgan fingerprint density at radius 2 is 1.78 bits per heavy atom. The predicted molar refractivity (Wildman–Crippen MR) is 91.0 cm³/mol. The molecule has 4 rings (SSSR count). The summed E-state index contributed by atoms with van der Waals surface area (Å²) in [5.41, 5.74) is 2.55. The minimum absolute atomic E-state index is 0.488.